The summed E-state index contributed by atoms with van der Waals surface area (Å²) in [4.78, 5) is 20.7. The second kappa shape index (κ2) is 8.11. The Morgan fingerprint density at radius 2 is 1.88 bits per heavy atom. The van der Waals surface area contributed by atoms with E-state index in [0.717, 1.165) is 50.7 Å². The zero-order valence-electron chi connectivity index (χ0n) is 14.5. The first-order valence-electron chi connectivity index (χ1n) is 8.59. The number of hydrogen-bond acceptors (Lipinski definition) is 3. The number of piperazine rings is 1. The number of aromatic nitrogens is 2. The summed E-state index contributed by atoms with van der Waals surface area (Å²) in [6, 6.07) is 6.12. The standard InChI is InChI=1S/C18H24FN5O/c1-15-20-6-7-23(15)11-8-22-9-12-24(13-10-22)18(25)21-14-16-2-4-17(19)5-3-16/h2-7H,8-14H2,1H3,(H,21,25). The number of benzene rings is 1. The Bertz CT molecular complexity index is 692. The molecule has 3 rings (SSSR count). The maximum atomic E-state index is 12.9. The zero-order valence-corrected chi connectivity index (χ0v) is 14.5. The molecule has 2 aromatic rings. The number of halogens is 1. The molecule has 1 N–H and O–H groups in total. The minimum Gasteiger partial charge on any atom is -0.334 e. The molecule has 0 unspecified atom stereocenters. The fraction of sp³-hybridized carbons (Fsp3) is 0.444. The lowest BCUT2D eigenvalue weighted by atomic mass is 10.2. The van der Waals surface area contributed by atoms with Crippen molar-refractivity contribution in [2.45, 2.75) is 20.0 Å². The van der Waals surface area contributed by atoms with Crippen molar-refractivity contribution < 1.29 is 9.18 Å². The highest BCUT2D eigenvalue weighted by molar-refractivity contribution is 5.74. The van der Waals surface area contributed by atoms with E-state index in [9.17, 15) is 9.18 Å². The van der Waals surface area contributed by atoms with Crippen molar-refractivity contribution in [2.75, 3.05) is 32.7 Å². The summed E-state index contributed by atoms with van der Waals surface area (Å²) in [5, 5.41) is 2.90. The van der Waals surface area contributed by atoms with Crippen molar-refractivity contribution in [1.82, 2.24) is 24.7 Å². The number of aryl methyl sites for hydroxylation is 1. The topological polar surface area (TPSA) is 53.4 Å². The molecule has 1 aliphatic heterocycles. The largest absolute Gasteiger partial charge is 0.334 e. The summed E-state index contributed by atoms with van der Waals surface area (Å²) in [7, 11) is 0. The van der Waals surface area contributed by atoms with Gasteiger partial charge in [-0.25, -0.2) is 14.2 Å². The quantitative estimate of drug-likeness (QED) is 0.900. The molecule has 0 atom stereocenters. The molecular weight excluding hydrogens is 321 g/mol. The molecule has 1 aromatic carbocycles. The van der Waals surface area contributed by atoms with Gasteiger partial charge < -0.3 is 14.8 Å². The Morgan fingerprint density at radius 3 is 2.52 bits per heavy atom. The van der Waals surface area contributed by atoms with Crippen LogP contribution in [0, 0.1) is 12.7 Å². The zero-order chi connectivity index (χ0) is 17.6. The number of hydrogen-bond donors (Lipinski definition) is 1. The normalized spacial score (nSPS) is 15.4. The van der Waals surface area contributed by atoms with Crippen LogP contribution in [-0.2, 0) is 13.1 Å². The number of carbonyl (C=O) groups excluding carboxylic acids is 1. The van der Waals surface area contributed by atoms with Crippen molar-refractivity contribution in [1.29, 1.82) is 0 Å². The van der Waals surface area contributed by atoms with Crippen LogP contribution in [0.25, 0.3) is 0 Å². The summed E-state index contributed by atoms with van der Waals surface area (Å²) in [6.07, 6.45) is 3.81. The molecule has 134 valence electrons. The number of nitrogens with one attached hydrogen (secondary N) is 1. The predicted octanol–water partition coefficient (Wildman–Crippen LogP) is 1.86. The summed E-state index contributed by atoms with van der Waals surface area (Å²) in [5.41, 5.74) is 0.893. The first kappa shape index (κ1) is 17.4. The maximum absolute atomic E-state index is 12.9. The summed E-state index contributed by atoms with van der Waals surface area (Å²) in [5.74, 6) is 0.760. The second-order valence-corrected chi connectivity index (χ2v) is 6.28. The van der Waals surface area contributed by atoms with Crippen molar-refractivity contribution in [3.8, 4) is 0 Å². The molecule has 0 saturated carbocycles. The predicted molar refractivity (Wildman–Crippen MR) is 93.6 cm³/mol. The molecular formula is C18H24FN5O. The summed E-state index contributed by atoms with van der Waals surface area (Å²) in [6.45, 7) is 7.49. The Labute approximate surface area is 147 Å². The fourth-order valence-electron chi connectivity index (χ4n) is 2.96. The van der Waals surface area contributed by atoms with Gasteiger partial charge in [-0.3, -0.25) is 4.90 Å². The van der Waals surface area contributed by atoms with E-state index in [1.807, 2.05) is 24.2 Å². The van der Waals surface area contributed by atoms with Gasteiger partial charge in [0.2, 0.25) is 0 Å². The lowest BCUT2D eigenvalue weighted by molar-refractivity contribution is 0.136. The van der Waals surface area contributed by atoms with Crippen LogP contribution in [-0.4, -0.2) is 58.1 Å². The van der Waals surface area contributed by atoms with Gasteiger partial charge in [-0.1, -0.05) is 12.1 Å². The van der Waals surface area contributed by atoms with E-state index >= 15 is 0 Å². The number of amides is 2. The van der Waals surface area contributed by atoms with Gasteiger partial charge in [0.1, 0.15) is 11.6 Å². The molecule has 2 amide bonds. The molecule has 1 aliphatic rings. The third kappa shape index (κ3) is 4.79. The summed E-state index contributed by atoms with van der Waals surface area (Å²) >= 11 is 0. The molecule has 1 aromatic heterocycles. The molecule has 7 heteroatoms. The van der Waals surface area contributed by atoms with Crippen molar-refractivity contribution in [3.63, 3.8) is 0 Å². The van der Waals surface area contributed by atoms with Gasteiger partial charge in [0.15, 0.2) is 0 Å². The molecule has 1 fully saturated rings. The molecule has 2 heterocycles. The molecule has 6 nitrogen and oxygen atoms in total. The van der Waals surface area contributed by atoms with Gasteiger partial charge in [0, 0.05) is 58.2 Å². The van der Waals surface area contributed by atoms with Crippen LogP contribution in [0.2, 0.25) is 0 Å². The molecule has 0 radical (unpaired) electrons. The van der Waals surface area contributed by atoms with Gasteiger partial charge in [-0.05, 0) is 24.6 Å². The number of rotatable bonds is 5. The Balaban J connectivity index is 1.38. The lowest BCUT2D eigenvalue weighted by Crippen LogP contribution is -2.52. The highest BCUT2D eigenvalue weighted by Gasteiger charge is 2.20. The van der Waals surface area contributed by atoms with E-state index in [0.29, 0.717) is 6.54 Å². The van der Waals surface area contributed by atoms with E-state index < -0.39 is 0 Å². The van der Waals surface area contributed by atoms with Crippen molar-refractivity contribution in [2.24, 2.45) is 0 Å². The molecule has 1 saturated heterocycles. The molecule has 25 heavy (non-hydrogen) atoms. The van der Waals surface area contributed by atoms with E-state index in [4.69, 9.17) is 0 Å². The van der Waals surface area contributed by atoms with Gasteiger partial charge in [0.05, 0.1) is 0 Å². The highest BCUT2D eigenvalue weighted by Crippen LogP contribution is 2.05. The minimum absolute atomic E-state index is 0.0607. The maximum Gasteiger partial charge on any atom is 0.317 e. The minimum atomic E-state index is -0.267. The van der Waals surface area contributed by atoms with E-state index in [1.165, 1.54) is 12.1 Å². The third-order valence-corrected chi connectivity index (χ3v) is 4.60. The van der Waals surface area contributed by atoms with Gasteiger partial charge in [-0.2, -0.15) is 0 Å². The number of carbonyl (C=O) groups is 1. The molecule has 0 bridgehead atoms. The monoisotopic (exact) mass is 345 g/mol. The van der Waals surface area contributed by atoms with E-state index in [1.54, 1.807) is 12.1 Å². The number of nitrogens with zero attached hydrogens (tertiary/aromatic N) is 4. The van der Waals surface area contributed by atoms with Crippen LogP contribution in [0.1, 0.15) is 11.4 Å². The Morgan fingerprint density at radius 1 is 1.16 bits per heavy atom. The van der Waals surface area contributed by atoms with Crippen LogP contribution in [0.15, 0.2) is 36.7 Å². The first-order chi connectivity index (χ1) is 12.1. The molecule has 0 spiro atoms. The second-order valence-electron chi connectivity index (χ2n) is 6.28. The lowest BCUT2D eigenvalue weighted by Gasteiger charge is -2.34. The average molecular weight is 345 g/mol. The van der Waals surface area contributed by atoms with Crippen LogP contribution >= 0.6 is 0 Å². The van der Waals surface area contributed by atoms with Gasteiger partial charge >= 0.3 is 6.03 Å². The van der Waals surface area contributed by atoms with Crippen LogP contribution < -0.4 is 5.32 Å². The number of imidazole rings is 1. The van der Waals surface area contributed by atoms with E-state index in [-0.39, 0.29) is 11.8 Å². The SMILES string of the molecule is Cc1nccn1CCN1CCN(C(=O)NCc2ccc(F)cc2)CC1. The highest BCUT2D eigenvalue weighted by atomic mass is 19.1. The molecule has 0 aliphatic carbocycles. The van der Waals surface area contributed by atoms with Gasteiger partial charge in [0.25, 0.3) is 0 Å². The van der Waals surface area contributed by atoms with Crippen molar-refractivity contribution >= 4 is 6.03 Å². The van der Waals surface area contributed by atoms with Crippen molar-refractivity contribution in [3.05, 3.63) is 53.9 Å². The van der Waals surface area contributed by atoms with Gasteiger partial charge in [-0.15, -0.1) is 0 Å². The van der Waals surface area contributed by atoms with E-state index in [2.05, 4.69) is 19.8 Å². The van der Waals surface area contributed by atoms with Crippen LogP contribution in [0.5, 0.6) is 0 Å². The number of urea groups is 1. The third-order valence-electron chi connectivity index (χ3n) is 4.60. The Kier molecular flexibility index (Phi) is 5.65. The smallest absolute Gasteiger partial charge is 0.317 e. The average Bonchev–Trinajstić information content (AvgIpc) is 3.04. The fourth-order valence-corrected chi connectivity index (χ4v) is 2.96. The summed E-state index contributed by atoms with van der Waals surface area (Å²) < 4.78 is 15.0. The first-order valence-corrected chi connectivity index (χ1v) is 8.59. The Hall–Kier alpha value is -2.41. The van der Waals surface area contributed by atoms with Crippen LogP contribution in [0.3, 0.4) is 0 Å². The van der Waals surface area contributed by atoms with Crippen LogP contribution in [0.4, 0.5) is 9.18 Å².